The van der Waals surface area contributed by atoms with Crippen LogP contribution in [0, 0.1) is 0 Å². The lowest BCUT2D eigenvalue weighted by atomic mass is 9.93. The van der Waals surface area contributed by atoms with Crippen LogP contribution in [0.2, 0.25) is 0 Å². The van der Waals surface area contributed by atoms with Crippen molar-refractivity contribution in [3.8, 4) is 5.75 Å². The van der Waals surface area contributed by atoms with E-state index in [9.17, 15) is 9.90 Å². The highest BCUT2D eigenvalue weighted by Gasteiger charge is 2.35. The van der Waals surface area contributed by atoms with Crippen LogP contribution in [0.25, 0.3) is 0 Å². The van der Waals surface area contributed by atoms with Gasteiger partial charge in [-0.1, -0.05) is 30.3 Å². The Morgan fingerprint density at radius 2 is 1.72 bits per heavy atom. The maximum Gasteiger partial charge on any atom is 0.238 e. The molecule has 1 heterocycles. The Hall–Kier alpha value is -2.29. The number of para-hydroxylation sites is 1. The van der Waals surface area contributed by atoms with Gasteiger partial charge in [-0.25, -0.2) is 0 Å². The van der Waals surface area contributed by atoms with E-state index in [0.29, 0.717) is 0 Å². The molecule has 3 rings (SSSR count). The normalized spacial score (nSPS) is 17.9. The van der Waals surface area contributed by atoms with E-state index in [-0.39, 0.29) is 17.6 Å². The first-order chi connectivity index (χ1) is 8.68. The van der Waals surface area contributed by atoms with Crippen molar-refractivity contribution in [1.82, 2.24) is 0 Å². The number of phenolic OH excluding ortho intramolecular Hbond substituents is 1. The molecule has 1 atom stereocenters. The SMILES string of the molecule is CN1C(=O)C(c2ccc(O)cc2)c2ccccc21. The lowest BCUT2D eigenvalue weighted by Crippen LogP contribution is -2.24. The minimum atomic E-state index is -0.258. The number of aromatic hydroxyl groups is 1. The van der Waals surface area contributed by atoms with Gasteiger partial charge < -0.3 is 10.0 Å². The molecule has 2 aromatic carbocycles. The van der Waals surface area contributed by atoms with Crippen molar-refractivity contribution in [2.45, 2.75) is 5.92 Å². The van der Waals surface area contributed by atoms with E-state index in [1.807, 2.05) is 24.3 Å². The lowest BCUT2D eigenvalue weighted by molar-refractivity contribution is -0.118. The molecular formula is C15H13NO2. The Morgan fingerprint density at radius 1 is 1.06 bits per heavy atom. The maximum absolute atomic E-state index is 12.3. The summed E-state index contributed by atoms with van der Waals surface area (Å²) in [6.07, 6.45) is 0. The van der Waals surface area contributed by atoms with E-state index in [1.54, 1.807) is 36.2 Å². The average Bonchev–Trinajstić information content (AvgIpc) is 2.64. The van der Waals surface area contributed by atoms with E-state index < -0.39 is 0 Å². The highest BCUT2D eigenvalue weighted by molar-refractivity contribution is 6.06. The number of carbonyl (C=O) groups excluding carboxylic acids is 1. The van der Waals surface area contributed by atoms with Crippen molar-refractivity contribution in [3.63, 3.8) is 0 Å². The number of carbonyl (C=O) groups is 1. The minimum absolute atomic E-state index is 0.0712. The number of likely N-dealkylation sites (N-methyl/N-ethyl adjacent to an activating group) is 1. The monoisotopic (exact) mass is 239 g/mol. The quantitative estimate of drug-likeness (QED) is 0.830. The van der Waals surface area contributed by atoms with Crippen LogP contribution in [0.15, 0.2) is 48.5 Å². The van der Waals surface area contributed by atoms with Crippen LogP contribution in [0.1, 0.15) is 17.0 Å². The third-order valence-electron chi connectivity index (χ3n) is 3.41. The van der Waals surface area contributed by atoms with Gasteiger partial charge in [-0.2, -0.15) is 0 Å². The molecule has 0 saturated heterocycles. The second-order valence-corrected chi connectivity index (χ2v) is 4.48. The molecule has 3 nitrogen and oxygen atoms in total. The summed E-state index contributed by atoms with van der Waals surface area (Å²) in [5, 5.41) is 9.32. The summed E-state index contributed by atoms with van der Waals surface area (Å²) in [6.45, 7) is 0. The molecule has 0 bridgehead atoms. The smallest absolute Gasteiger partial charge is 0.238 e. The van der Waals surface area contributed by atoms with Gasteiger partial charge >= 0.3 is 0 Å². The zero-order valence-corrected chi connectivity index (χ0v) is 10.00. The number of benzene rings is 2. The van der Waals surface area contributed by atoms with Gasteiger partial charge in [-0.3, -0.25) is 4.79 Å². The van der Waals surface area contributed by atoms with Crippen LogP contribution in [0.5, 0.6) is 5.75 Å². The number of anilines is 1. The fraction of sp³-hybridized carbons (Fsp3) is 0.133. The highest BCUT2D eigenvalue weighted by atomic mass is 16.3. The molecule has 1 amide bonds. The van der Waals surface area contributed by atoms with Gasteiger partial charge in [0.15, 0.2) is 0 Å². The molecule has 1 aliphatic rings. The van der Waals surface area contributed by atoms with Gasteiger partial charge in [0.25, 0.3) is 0 Å². The van der Waals surface area contributed by atoms with Gasteiger partial charge in [0, 0.05) is 12.7 Å². The van der Waals surface area contributed by atoms with Crippen LogP contribution in [-0.2, 0) is 4.79 Å². The van der Waals surface area contributed by atoms with Crippen molar-refractivity contribution >= 4 is 11.6 Å². The second-order valence-electron chi connectivity index (χ2n) is 4.48. The second kappa shape index (κ2) is 3.88. The highest BCUT2D eigenvalue weighted by Crippen LogP contribution is 2.40. The zero-order chi connectivity index (χ0) is 12.7. The van der Waals surface area contributed by atoms with Crippen LogP contribution >= 0.6 is 0 Å². The Kier molecular flexibility index (Phi) is 2.33. The van der Waals surface area contributed by atoms with Crippen LogP contribution in [0.4, 0.5) is 5.69 Å². The molecule has 2 aromatic rings. The summed E-state index contributed by atoms with van der Waals surface area (Å²) in [7, 11) is 1.79. The van der Waals surface area contributed by atoms with Gasteiger partial charge in [-0.05, 0) is 29.3 Å². The van der Waals surface area contributed by atoms with Crippen molar-refractivity contribution in [1.29, 1.82) is 0 Å². The zero-order valence-electron chi connectivity index (χ0n) is 10.00. The number of nitrogens with zero attached hydrogens (tertiary/aromatic N) is 1. The van der Waals surface area contributed by atoms with Crippen molar-refractivity contribution < 1.29 is 9.90 Å². The first-order valence-electron chi connectivity index (χ1n) is 5.84. The van der Waals surface area contributed by atoms with E-state index >= 15 is 0 Å². The molecule has 3 heteroatoms. The molecule has 0 fully saturated rings. The van der Waals surface area contributed by atoms with Crippen LogP contribution in [0.3, 0.4) is 0 Å². The summed E-state index contributed by atoms with van der Waals surface area (Å²) >= 11 is 0. The molecular weight excluding hydrogens is 226 g/mol. The molecule has 0 saturated carbocycles. The van der Waals surface area contributed by atoms with Crippen molar-refractivity contribution in [3.05, 3.63) is 59.7 Å². The summed E-state index contributed by atoms with van der Waals surface area (Å²) in [6, 6.07) is 14.6. The Bertz CT molecular complexity index is 604. The van der Waals surface area contributed by atoms with Crippen LogP contribution in [-0.4, -0.2) is 18.1 Å². The van der Waals surface area contributed by atoms with E-state index in [4.69, 9.17) is 0 Å². The molecule has 90 valence electrons. The maximum atomic E-state index is 12.3. The third kappa shape index (κ3) is 1.48. The largest absolute Gasteiger partial charge is 0.508 e. The van der Waals surface area contributed by atoms with E-state index in [2.05, 4.69) is 0 Å². The molecule has 1 N–H and O–H groups in total. The summed E-state index contributed by atoms with van der Waals surface area (Å²) < 4.78 is 0. The summed E-state index contributed by atoms with van der Waals surface area (Å²) in [5.74, 6) is 0.0273. The Morgan fingerprint density at radius 3 is 2.44 bits per heavy atom. The fourth-order valence-electron chi connectivity index (χ4n) is 2.47. The molecule has 0 spiro atoms. The van der Waals surface area contributed by atoms with Gasteiger partial charge in [-0.15, -0.1) is 0 Å². The lowest BCUT2D eigenvalue weighted by Gasteiger charge is -2.11. The van der Waals surface area contributed by atoms with Gasteiger partial charge in [0.05, 0.1) is 5.92 Å². The fourth-order valence-corrected chi connectivity index (χ4v) is 2.47. The van der Waals surface area contributed by atoms with E-state index in [1.165, 1.54) is 0 Å². The topological polar surface area (TPSA) is 40.5 Å². The predicted octanol–water partition coefficient (Wildman–Crippen LogP) is 2.50. The number of rotatable bonds is 1. The molecule has 0 aromatic heterocycles. The predicted molar refractivity (Wildman–Crippen MR) is 69.8 cm³/mol. The number of phenols is 1. The molecule has 0 radical (unpaired) electrons. The van der Waals surface area contributed by atoms with Crippen LogP contribution < -0.4 is 4.90 Å². The number of hydrogen-bond donors (Lipinski definition) is 1. The van der Waals surface area contributed by atoms with E-state index in [0.717, 1.165) is 16.8 Å². The van der Waals surface area contributed by atoms with Gasteiger partial charge in [0.2, 0.25) is 5.91 Å². The van der Waals surface area contributed by atoms with Gasteiger partial charge in [0.1, 0.15) is 5.75 Å². The Labute approximate surface area is 105 Å². The summed E-state index contributed by atoms with van der Waals surface area (Å²) in [5.41, 5.74) is 2.89. The average molecular weight is 239 g/mol. The molecule has 1 aliphatic heterocycles. The number of hydrogen-bond acceptors (Lipinski definition) is 2. The van der Waals surface area contributed by atoms with Crippen molar-refractivity contribution in [2.24, 2.45) is 0 Å². The number of fused-ring (bicyclic) bond motifs is 1. The number of amides is 1. The molecule has 0 aliphatic carbocycles. The minimum Gasteiger partial charge on any atom is -0.508 e. The first kappa shape index (κ1) is 10.8. The first-order valence-corrected chi connectivity index (χ1v) is 5.84. The Balaban J connectivity index is 2.13. The third-order valence-corrected chi connectivity index (χ3v) is 3.41. The summed E-state index contributed by atoms with van der Waals surface area (Å²) in [4.78, 5) is 14.0. The molecule has 1 unspecified atom stereocenters. The standard InChI is InChI=1S/C15H13NO2/c1-16-13-5-3-2-4-12(13)14(15(16)18)10-6-8-11(17)9-7-10/h2-9,14,17H,1H3. The molecule has 18 heavy (non-hydrogen) atoms. The van der Waals surface area contributed by atoms with Crippen molar-refractivity contribution in [2.75, 3.05) is 11.9 Å².